The van der Waals surface area contributed by atoms with Crippen molar-refractivity contribution in [2.45, 2.75) is 25.0 Å². The van der Waals surface area contributed by atoms with Crippen LogP contribution < -0.4 is 5.32 Å². The van der Waals surface area contributed by atoms with E-state index in [-0.39, 0.29) is 0 Å². The van der Waals surface area contributed by atoms with Crippen LogP contribution in [0, 0.1) is 0 Å². The van der Waals surface area contributed by atoms with Gasteiger partial charge in [-0.05, 0) is 31.3 Å². The topological polar surface area (TPSA) is 21.3 Å². The number of ether oxygens (including phenoxy) is 1. The second-order valence-corrected chi connectivity index (χ2v) is 4.31. The Labute approximate surface area is 82.9 Å². The summed E-state index contributed by atoms with van der Waals surface area (Å²) < 4.78 is 5.67. The highest BCUT2D eigenvalue weighted by molar-refractivity contribution is 7.10. The average molecular weight is 197 g/mol. The molecule has 0 amide bonds. The Morgan fingerprint density at radius 2 is 2.62 bits per heavy atom. The summed E-state index contributed by atoms with van der Waals surface area (Å²) in [6.07, 6.45) is 2.76. The first-order valence-corrected chi connectivity index (χ1v) is 5.62. The van der Waals surface area contributed by atoms with Crippen LogP contribution in [-0.4, -0.2) is 19.8 Å². The van der Waals surface area contributed by atoms with E-state index in [0.29, 0.717) is 12.1 Å². The molecule has 2 nitrogen and oxygen atoms in total. The van der Waals surface area contributed by atoms with Gasteiger partial charge in [-0.15, -0.1) is 11.3 Å². The molecule has 2 rings (SSSR count). The molecule has 0 aromatic carbocycles. The number of thiophene rings is 1. The standard InChI is InChI=1S/C10H15NOS/c1-11-10(8-4-2-6-12-8)9-5-3-7-13-9/h3,5,7-8,10-11H,2,4,6H2,1H3. The minimum Gasteiger partial charge on any atom is -0.376 e. The lowest BCUT2D eigenvalue weighted by Crippen LogP contribution is -2.28. The highest BCUT2D eigenvalue weighted by atomic mass is 32.1. The van der Waals surface area contributed by atoms with E-state index in [4.69, 9.17) is 4.74 Å². The van der Waals surface area contributed by atoms with E-state index in [0.717, 1.165) is 6.61 Å². The SMILES string of the molecule is CNC(c1cccs1)C1CCCO1. The molecule has 1 aliphatic rings. The van der Waals surface area contributed by atoms with Crippen LogP contribution in [0.5, 0.6) is 0 Å². The number of rotatable bonds is 3. The second kappa shape index (κ2) is 4.22. The van der Waals surface area contributed by atoms with Crippen LogP contribution in [0.15, 0.2) is 17.5 Å². The Hall–Kier alpha value is -0.380. The highest BCUT2D eigenvalue weighted by Gasteiger charge is 2.26. The zero-order chi connectivity index (χ0) is 9.10. The van der Waals surface area contributed by atoms with Gasteiger partial charge in [0.05, 0.1) is 12.1 Å². The second-order valence-electron chi connectivity index (χ2n) is 3.33. The van der Waals surface area contributed by atoms with E-state index in [1.54, 1.807) is 11.3 Å². The van der Waals surface area contributed by atoms with Crippen molar-refractivity contribution in [3.63, 3.8) is 0 Å². The molecule has 2 heterocycles. The van der Waals surface area contributed by atoms with Gasteiger partial charge in [0.1, 0.15) is 0 Å². The largest absolute Gasteiger partial charge is 0.376 e. The summed E-state index contributed by atoms with van der Waals surface area (Å²) in [5, 5.41) is 5.45. The van der Waals surface area contributed by atoms with Crippen molar-refractivity contribution >= 4 is 11.3 Å². The predicted octanol–water partition coefficient (Wildman–Crippen LogP) is 2.19. The van der Waals surface area contributed by atoms with Gasteiger partial charge in [-0.1, -0.05) is 6.07 Å². The molecule has 72 valence electrons. The van der Waals surface area contributed by atoms with Gasteiger partial charge in [-0.3, -0.25) is 0 Å². The molecule has 0 saturated carbocycles. The van der Waals surface area contributed by atoms with Gasteiger partial charge in [0, 0.05) is 11.5 Å². The van der Waals surface area contributed by atoms with E-state index in [1.165, 1.54) is 17.7 Å². The molecule has 1 N–H and O–H groups in total. The highest BCUT2D eigenvalue weighted by Crippen LogP contribution is 2.29. The van der Waals surface area contributed by atoms with E-state index < -0.39 is 0 Å². The molecule has 1 aromatic rings. The van der Waals surface area contributed by atoms with Gasteiger partial charge < -0.3 is 10.1 Å². The zero-order valence-electron chi connectivity index (χ0n) is 7.82. The Kier molecular flexibility index (Phi) is 2.98. The molecular weight excluding hydrogens is 182 g/mol. The number of hydrogen-bond acceptors (Lipinski definition) is 3. The first kappa shape index (κ1) is 9.19. The van der Waals surface area contributed by atoms with Gasteiger partial charge in [0.2, 0.25) is 0 Å². The lowest BCUT2D eigenvalue weighted by molar-refractivity contribution is 0.0818. The number of hydrogen-bond donors (Lipinski definition) is 1. The quantitative estimate of drug-likeness (QED) is 0.802. The molecule has 1 aliphatic heterocycles. The first-order valence-electron chi connectivity index (χ1n) is 4.74. The molecule has 0 bridgehead atoms. The summed E-state index contributed by atoms with van der Waals surface area (Å²) in [5.74, 6) is 0. The Morgan fingerprint density at radius 1 is 1.69 bits per heavy atom. The maximum Gasteiger partial charge on any atom is 0.0778 e. The molecule has 1 saturated heterocycles. The van der Waals surface area contributed by atoms with E-state index in [2.05, 4.69) is 22.8 Å². The lowest BCUT2D eigenvalue weighted by Gasteiger charge is -2.20. The minimum absolute atomic E-state index is 0.378. The fourth-order valence-corrected chi connectivity index (χ4v) is 2.73. The monoisotopic (exact) mass is 197 g/mol. The Morgan fingerprint density at radius 3 is 3.15 bits per heavy atom. The van der Waals surface area contributed by atoms with E-state index in [1.807, 2.05) is 7.05 Å². The number of likely N-dealkylation sites (N-methyl/N-ethyl adjacent to an activating group) is 1. The summed E-state index contributed by atoms with van der Waals surface area (Å²) in [7, 11) is 2.01. The Balaban J connectivity index is 2.08. The molecule has 0 aliphatic carbocycles. The first-order chi connectivity index (χ1) is 6.42. The molecular formula is C10H15NOS. The lowest BCUT2D eigenvalue weighted by atomic mass is 10.1. The van der Waals surface area contributed by atoms with Crippen LogP contribution >= 0.6 is 11.3 Å². The third kappa shape index (κ3) is 1.93. The zero-order valence-corrected chi connectivity index (χ0v) is 8.64. The van der Waals surface area contributed by atoms with E-state index >= 15 is 0 Å². The fourth-order valence-electron chi connectivity index (χ4n) is 1.85. The van der Waals surface area contributed by atoms with Crippen molar-refractivity contribution in [1.29, 1.82) is 0 Å². The third-order valence-electron chi connectivity index (χ3n) is 2.50. The molecule has 1 aromatic heterocycles. The van der Waals surface area contributed by atoms with Gasteiger partial charge >= 0.3 is 0 Å². The van der Waals surface area contributed by atoms with Gasteiger partial charge in [0.15, 0.2) is 0 Å². The van der Waals surface area contributed by atoms with Crippen molar-refractivity contribution < 1.29 is 4.74 Å². The van der Waals surface area contributed by atoms with Crippen LogP contribution in [0.2, 0.25) is 0 Å². The predicted molar refractivity (Wildman–Crippen MR) is 55.1 cm³/mol. The third-order valence-corrected chi connectivity index (χ3v) is 3.45. The summed E-state index contributed by atoms with van der Waals surface area (Å²) >= 11 is 1.80. The van der Waals surface area contributed by atoms with Crippen LogP contribution in [0.4, 0.5) is 0 Å². The van der Waals surface area contributed by atoms with Crippen LogP contribution in [-0.2, 0) is 4.74 Å². The fraction of sp³-hybridized carbons (Fsp3) is 0.600. The van der Waals surface area contributed by atoms with Gasteiger partial charge in [-0.2, -0.15) is 0 Å². The molecule has 1 fully saturated rings. The van der Waals surface area contributed by atoms with Gasteiger partial charge in [0.25, 0.3) is 0 Å². The Bertz CT molecular complexity index is 241. The summed E-state index contributed by atoms with van der Waals surface area (Å²) in [6.45, 7) is 0.925. The van der Waals surface area contributed by atoms with E-state index in [9.17, 15) is 0 Å². The van der Waals surface area contributed by atoms with Gasteiger partial charge in [-0.25, -0.2) is 0 Å². The van der Waals surface area contributed by atoms with Crippen molar-refractivity contribution in [3.8, 4) is 0 Å². The smallest absolute Gasteiger partial charge is 0.0778 e. The average Bonchev–Trinajstić information content (AvgIpc) is 2.76. The minimum atomic E-state index is 0.378. The maximum absolute atomic E-state index is 5.67. The molecule has 0 spiro atoms. The van der Waals surface area contributed by atoms with Crippen molar-refractivity contribution in [2.24, 2.45) is 0 Å². The van der Waals surface area contributed by atoms with Crippen LogP contribution in [0.1, 0.15) is 23.8 Å². The van der Waals surface area contributed by atoms with Crippen molar-refractivity contribution in [2.75, 3.05) is 13.7 Å². The maximum atomic E-state index is 5.67. The summed E-state index contributed by atoms with van der Waals surface area (Å²) in [4.78, 5) is 1.38. The molecule has 2 unspecified atom stereocenters. The van der Waals surface area contributed by atoms with Crippen molar-refractivity contribution in [1.82, 2.24) is 5.32 Å². The molecule has 13 heavy (non-hydrogen) atoms. The van der Waals surface area contributed by atoms with Crippen LogP contribution in [0.3, 0.4) is 0 Å². The normalized spacial score (nSPS) is 24.8. The van der Waals surface area contributed by atoms with Crippen LogP contribution in [0.25, 0.3) is 0 Å². The molecule has 3 heteroatoms. The summed E-state index contributed by atoms with van der Waals surface area (Å²) in [6, 6.07) is 4.66. The number of nitrogens with one attached hydrogen (secondary N) is 1. The molecule has 0 radical (unpaired) electrons. The molecule has 2 atom stereocenters. The summed E-state index contributed by atoms with van der Waals surface area (Å²) in [5.41, 5.74) is 0. The van der Waals surface area contributed by atoms with Crippen molar-refractivity contribution in [3.05, 3.63) is 22.4 Å².